The summed E-state index contributed by atoms with van der Waals surface area (Å²) in [6, 6.07) is 16.1. The molecule has 1 N–H and O–H groups in total. The Kier molecular flexibility index (Phi) is 7.44. The first-order valence-electron chi connectivity index (χ1n) is 9.32. The molecule has 0 spiro atoms. The van der Waals surface area contributed by atoms with Gasteiger partial charge in [-0.3, -0.25) is 0 Å². The summed E-state index contributed by atoms with van der Waals surface area (Å²) in [5.41, 5.74) is 2.69. The van der Waals surface area contributed by atoms with Crippen molar-refractivity contribution in [3.63, 3.8) is 0 Å². The Labute approximate surface area is 174 Å². The minimum Gasteiger partial charge on any atom is -0.490 e. The highest BCUT2D eigenvalue weighted by Gasteiger charge is 2.12. The summed E-state index contributed by atoms with van der Waals surface area (Å²) >= 11 is 6.43. The van der Waals surface area contributed by atoms with Gasteiger partial charge >= 0.3 is 0 Å². The van der Waals surface area contributed by atoms with Crippen LogP contribution in [0, 0.1) is 11.6 Å². The third kappa shape index (κ3) is 6.17. The molecular weight excluding hydrogens is 396 g/mol. The van der Waals surface area contributed by atoms with Gasteiger partial charge in [-0.2, -0.15) is 0 Å². The van der Waals surface area contributed by atoms with Crippen LogP contribution >= 0.6 is 11.6 Å². The van der Waals surface area contributed by atoms with E-state index in [-0.39, 0.29) is 18.2 Å². The quantitative estimate of drug-likeness (QED) is 0.471. The van der Waals surface area contributed by atoms with Crippen LogP contribution in [0.15, 0.2) is 60.7 Å². The highest BCUT2D eigenvalue weighted by molar-refractivity contribution is 6.31. The number of nitrogens with one attached hydrogen (secondary N) is 1. The van der Waals surface area contributed by atoms with Gasteiger partial charge in [0.15, 0.2) is 11.5 Å². The van der Waals surface area contributed by atoms with E-state index in [9.17, 15) is 8.78 Å². The molecule has 3 nitrogen and oxygen atoms in total. The molecule has 0 aromatic heterocycles. The number of hydrogen-bond acceptors (Lipinski definition) is 3. The van der Waals surface area contributed by atoms with Crippen LogP contribution in [0.25, 0.3) is 0 Å². The summed E-state index contributed by atoms with van der Waals surface area (Å²) in [5.74, 6) is 0.583. The molecule has 3 rings (SSSR count). The van der Waals surface area contributed by atoms with E-state index in [0.29, 0.717) is 36.2 Å². The zero-order valence-corrected chi connectivity index (χ0v) is 16.8. The Morgan fingerprint density at radius 2 is 1.38 bits per heavy atom. The van der Waals surface area contributed by atoms with Crippen LogP contribution in [0.4, 0.5) is 8.78 Å². The first-order chi connectivity index (χ1) is 14.0. The third-order valence-electron chi connectivity index (χ3n) is 4.28. The van der Waals surface area contributed by atoms with Crippen molar-refractivity contribution < 1.29 is 18.3 Å². The predicted octanol–water partition coefficient (Wildman–Crippen LogP) is 5.89. The average Bonchev–Trinajstić information content (AvgIpc) is 2.72. The van der Waals surface area contributed by atoms with E-state index < -0.39 is 0 Å². The van der Waals surface area contributed by atoms with Gasteiger partial charge in [0, 0.05) is 24.2 Å². The van der Waals surface area contributed by atoms with Gasteiger partial charge in [-0.15, -0.1) is 0 Å². The summed E-state index contributed by atoms with van der Waals surface area (Å²) in [4.78, 5) is 0. The van der Waals surface area contributed by atoms with Crippen LogP contribution in [-0.4, -0.2) is 6.61 Å². The lowest BCUT2D eigenvalue weighted by Crippen LogP contribution is -2.13. The molecule has 3 aromatic carbocycles. The van der Waals surface area contributed by atoms with Crippen molar-refractivity contribution in [3.05, 3.63) is 94.0 Å². The van der Waals surface area contributed by atoms with Crippen molar-refractivity contribution in [2.24, 2.45) is 0 Å². The van der Waals surface area contributed by atoms with Crippen LogP contribution in [0.5, 0.6) is 11.5 Å². The Bertz CT molecular complexity index is 931. The molecule has 0 unspecified atom stereocenters. The number of benzene rings is 3. The van der Waals surface area contributed by atoms with Gasteiger partial charge in [-0.05, 0) is 53.9 Å². The molecule has 0 amide bonds. The van der Waals surface area contributed by atoms with Gasteiger partial charge in [0.05, 0.1) is 6.61 Å². The molecule has 0 radical (unpaired) electrons. The average molecular weight is 418 g/mol. The van der Waals surface area contributed by atoms with Gasteiger partial charge in [0.2, 0.25) is 0 Å². The molecule has 3 aromatic rings. The molecule has 29 heavy (non-hydrogen) atoms. The standard InChI is InChI=1S/C23H22ClF2NO2/c1-2-28-22-11-18(14-27-13-16-3-7-19(25)8-4-16)21(24)12-23(22)29-15-17-5-9-20(26)10-6-17/h3-12,27H,2,13-15H2,1H3. The second-order valence-electron chi connectivity index (χ2n) is 6.47. The summed E-state index contributed by atoms with van der Waals surface area (Å²) < 4.78 is 37.6. The van der Waals surface area contributed by atoms with Gasteiger partial charge in [-0.1, -0.05) is 35.9 Å². The van der Waals surface area contributed by atoms with E-state index in [2.05, 4.69) is 5.32 Å². The van der Waals surface area contributed by atoms with Crippen LogP contribution in [0.3, 0.4) is 0 Å². The van der Waals surface area contributed by atoms with Crippen LogP contribution in [0.1, 0.15) is 23.6 Å². The van der Waals surface area contributed by atoms with Crippen LogP contribution in [0.2, 0.25) is 5.02 Å². The lowest BCUT2D eigenvalue weighted by molar-refractivity contribution is 0.269. The van der Waals surface area contributed by atoms with Crippen molar-refractivity contribution >= 4 is 11.6 Å². The van der Waals surface area contributed by atoms with Crippen molar-refractivity contribution in [3.8, 4) is 11.5 Å². The first kappa shape index (κ1) is 21.1. The molecular formula is C23H22ClF2NO2. The topological polar surface area (TPSA) is 30.5 Å². The molecule has 0 heterocycles. The molecule has 0 saturated heterocycles. The highest BCUT2D eigenvalue weighted by Crippen LogP contribution is 2.34. The van der Waals surface area contributed by atoms with Crippen molar-refractivity contribution in [2.75, 3.05) is 6.61 Å². The maximum atomic E-state index is 13.0. The van der Waals surface area contributed by atoms with E-state index >= 15 is 0 Å². The van der Waals surface area contributed by atoms with Gasteiger partial charge in [0.25, 0.3) is 0 Å². The molecule has 0 saturated carbocycles. The minimum atomic E-state index is -0.288. The lowest BCUT2D eigenvalue weighted by atomic mass is 10.1. The van der Waals surface area contributed by atoms with Crippen molar-refractivity contribution in [2.45, 2.75) is 26.6 Å². The third-order valence-corrected chi connectivity index (χ3v) is 4.63. The molecule has 6 heteroatoms. The Balaban J connectivity index is 1.66. The van der Waals surface area contributed by atoms with E-state index in [4.69, 9.17) is 21.1 Å². The summed E-state index contributed by atoms with van der Waals surface area (Å²) in [5, 5.41) is 3.84. The second-order valence-corrected chi connectivity index (χ2v) is 6.88. The molecule has 0 aliphatic carbocycles. The van der Waals surface area contributed by atoms with Gasteiger partial charge < -0.3 is 14.8 Å². The smallest absolute Gasteiger partial charge is 0.163 e. The zero-order chi connectivity index (χ0) is 20.6. The maximum Gasteiger partial charge on any atom is 0.163 e. The SMILES string of the molecule is CCOc1cc(CNCc2ccc(F)cc2)c(Cl)cc1OCc1ccc(F)cc1. The summed E-state index contributed by atoms with van der Waals surface area (Å²) in [6.45, 7) is 3.76. The van der Waals surface area contributed by atoms with E-state index in [0.717, 1.165) is 16.7 Å². The summed E-state index contributed by atoms with van der Waals surface area (Å²) in [7, 11) is 0. The maximum absolute atomic E-state index is 13.0. The Morgan fingerprint density at radius 3 is 2.00 bits per heavy atom. The van der Waals surface area contributed by atoms with Crippen molar-refractivity contribution in [1.29, 1.82) is 0 Å². The monoisotopic (exact) mass is 417 g/mol. The number of rotatable bonds is 9. The van der Waals surface area contributed by atoms with Crippen LogP contribution < -0.4 is 14.8 Å². The van der Waals surface area contributed by atoms with E-state index in [1.165, 1.54) is 24.3 Å². The van der Waals surface area contributed by atoms with Gasteiger partial charge in [0.1, 0.15) is 18.2 Å². The lowest BCUT2D eigenvalue weighted by Gasteiger charge is -2.15. The van der Waals surface area contributed by atoms with E-state index in [1.54, 1.807) is 30.3 Å². The fourth-order valence-corrected chi connectivity index (χ4v) is 3.00. The molecule has 152 valence electrons. The molecule has 0 fully saturated rings. The molecule has 0 aliphatic heterocycles. The highest BCUT2D eigenvalue weighted by atomic mass is 35.5. The molecule has 0 bridgehead atoms. The first-order valence-corrected chi connectivity index (χ1v) is 9.70. The fraction of sp³-hybridized carbons (Fsp3) is 0.217. The zero-order valence-electron chi connectivity index (χ0n) is 16.1. The summed E-state index contributed by atoms with van der Waals surface area (Å²) in [6.07, 6.45) is 0. The number of ether oxygens (including phenoxy) is 2. The number of hydrogen-bond donors (Lipinski definition) is 1. The largest absolute Gasteiger partial charge is 0.490 e. The fourth-order valence-electron chi connectivity index (χ4n) is 2.78. The Hall–Kier alpha value is -2.63. The second kappa shape index (κ2) is 10.2. The predicted molar refractivity (Wildman–Crippen MR) is 110 cm³/mol. The number of halogens is 3. The Morgan fingerprint density at radius 1 is 0.793 bits per heavy atom. The van der Waals surface area contributed by atoms with E-state index in [1.807, 2.05) is 13.0 Å². The normalized spacial score (nSPS) is 10.8. The van der Waals surface area contributed by atoms with Crippen molar-refractivity contribution in [1.82, 2.24) is 5.32 Å². The molecule has 0 atom stereocenters. The van der Waals surface area contributed by atoms with Gasteiger partial charge in [-0.25, -0.2) is 8.78 Å². The van der Waals surface area contributed by atoms with Crippen LogP contribution in [-0.2, 0) is 19.7 Å². The minimum absolute atomic E-state index is 0.255. The molecule has 0 aliphatic rings.